The van der Waals surface area contributed by atoms with Crippen LogP contribution < -0.4 is 10.5 Å². The van der Waals surface area contributed by atoms with E-state index in [4.69, 9.17) is 26.8 Å². The molecule has 0 saturated heterocycles. The lowest BCUT2D eigenvalue weighted by atomic mass is 9.94. The lowest BCUT2D eigenvalue weighted by molar-refractivity contribution is 0.00822. The van der Waals surface area contributed by atoms with Crippen LogP contribution in [-0.4, -0.2) is 20.8 Å². The van der Waals surface area contributed by atoms with E-state index in [1.54, 1.807) is 14.2 Å². The monoisotopic (exact) mass is 243 g/mol. The predicted molar refractivity (Wildman–Crippen MR) is 66.2 cm³/mol. The zero-order valence-electron chi connectivity index (χ0n) is 10.1. The van der Waals surface area contributed by atoms with Gasteiger partial charge in [-0.3, -0.25) is 0 Å². The number of halogens is 1. The summed E-state index contributed by atoms with van der Waals surface area (Å²) in [5, 5.41) is 0.688. The van der Waals surface area contributed by atoms with Crippen LogP contribution in [0.1, 0.15) is 18.1 Å². The van der Waals surface area contributed by atoms with Gasteiger partial charge in [-0.2, -0.15) is 0 Å². The molecule has 1 unspecified atom stereocenters. The van der Waals surface area contributed by atoms with Gasteiger partial charge in [-0.15, -0.1) is 0 Å². The first kappa shape index (κ1) is 13.3. The van der Waals surface area contributed by atoms with Gasteiger partial charge < -0.3 is 15.2 Å². The Labute approximate surface area is 101 Å². The third kappa shape index (κ3) is 2.32. The summed E-state index contributed by atoms with van der Waals surface area (Å²) in [6.07, 6.45) is 0. The standard InChI is InChI=1S/C12H18ClNO2/c1-8-5-11(15-3)9(6-10(8)13)12(2,7-14)16-4/h5-6H,7,14H2,1-4H3. The van der Waals surface area contributed by atoms with Gasteiger partial charge in [0.05, 0.1) is 7.11 Å². The summed E-state index contributed by atoms with van der Waals surface area (Å²) in [7, 11) is 3.25. The highest BCUT2D eigenvalue weighted by molar-refractivity contribution is 6.31. The van der Waals surface area contributed by atoms with Gasteiger partial charge in [0.1, 0.15) is 11.4 Å². The third-order valence-corrected chi connectivity index (χ3v) is 3.30. The van der Waals surface area contributed by atoms with Crippen molar-refractivity contribution in [3.8, 4) is 5.75 Å². The van der Waals surface area contributed by atoms with Crippen molar-refractivity contribution in [1.29, 1.82) is 0 Å². The Morgan fingerprint density at radius 1 is 1.38 bits per heavy atom. The molecule has 0 bridgehead atoms. The van der Waals surface area contributed by atoms with Gasteiger partial charge in [-0.25, -0.2) is 0 Å². The van der Waals surface area contributed by atoms with Crippen LogP contribution in [0.3, 0.4) is 0 Å². The Hall–Kier alpha value is -0.770. The Morgan fingerprint density at radius 3 is 2.44 bits per heavy atom. The van der Waals surface area contributed by atoms with Crippen molar-refractivity contribution in [3.05, 3.63) is 28.3 Å². The van der Waals surface area contributed by atoms with Crippen molar-refractivity contribution in [3.63, 3.8) is 0 Å². The van der Waals surface area contributed by atoms with Crippen molar-refractivity contribution < 1.29 is 9.47 Å². The van der Waals surface area contributed by atoms with Crippen molar-refractivity contribution in [2.24, 2.45) is 5.73 Å². The van der Waals surface area contributed by atoms with Gasteiger partial charge in [0, 0.05) is 24.2 Å². The molecule has 0 amide bonds. The second-order valence-corrected chi connectivity index (χ2v) is 4.35. The number of benzene rings is 1. The molecule has 4 heteroatoms. The minimum atomic E-state index is -0.581. The molecular weight excluding hydrogens is 226 g/mol. The average Bonchev–Trinajstić information content (AvgIpc) is 2.31. The molecule has 0 heterocycles. The molecule has 0 aromatic heterocycles. The number of hydrogen-bond acceptors (Lipinski definition) is 3. The zero-order valence-corrected chi connectivity index (χ0v) is 10.9. The molecule has 1 aromatic rings. The fourth-order valence-corrected chi connectivity index (χ4v) is 1.70. The summed E-state index contributed by atoms with van der Waals surface area (Å²) in [6, 6.07) is 3.75. The largest absolute Gasteiger partial charge is 0.496 e. The SMILES string of the molecule is COc1cc(C)c(Cl)cc1C(C)(CN)OC. The fourth-order valence-electron chi connectivity index (χ4n) is 1.54. The highest BCUT2D eigenvalue weighted by Gasteiger charge is 2.28. The molecular formula is C12H18ClNO2. The molecule has 0 aliphatic heterocycles. The molecule has 0 saturated carbocycles. The number of methoxy groups -OCH3 is 2. The molecule has 0 spiro atoms. The van der Waals surface area contributed by atoms with Crippen LogP contribution >= 0.6 is 11.6 Å². The molecule has 16 heavy (non-hydrogen) atoms. The van der Waals surface area contributed by atoms with E-state index in [-0.39, 0.29) is 0 Å². The van der Waals surface area contributed by atoms with E-state index in [0.717, 1.165) is 16.9 Å². The van der Waals surface area contributed by atoms with Crippen LogP contribution in [0.4, 0.5) is 0 Å². The van der Waals surface area contributed by atoms with Crippen molar-refractivity contribution >= 4 is 11.6 Å². The molecule has 0 radical (unpaired) electrons. The maximum atomic E-state index is 6.11. The first-order chi connectivity index (χ1) is 7.48. The second-order valence-electron chi connectivity index (χ2n) is 3.94. The third-order valence-electron chi connectivity index (χ3n) is 2.89. The fraction of sp³-hybridized carbons (Fsp3) is 0.500. The van der Waals surface area contributed by atoms with E-state index in [2.05, 4.69) is 0 Å². The van der Waals surface area contributed by atoms with E-state index in [0.29, 0.717) is 11.6 Å². The quantitative estimate of drug-likeness (QED) is 0.884. The minimum absolute atomic E-state index is 0.360. The Morgan fingerprint density at radius 2 is 2.00 bits per heavy atom. The maximum Gasteiger partial charge on any atom is 0.125 e. The van der Waals surface area contributed by atoms with Crippen molar-refractivity contribution in [2.75, 3.05) is 20.8 Å². The molecule has 0 aliphatic rings. The van der Waals surface area contributed by atoms with E-state index >= 15 is 0 Å². The molecule has 1 aromatic carbocycles. The highest BCUT2D eigenvalue weighted by Crippen LogP contribution is 2.35. The molecule has 90 valence electrons. The Balaban J connectivity index is 3.36. The smallest absolute Gasteiger partial charge is 0.125 e. The van der Waals surface area contributed by atoms with E-state index in [9.17, 15) is 0 Å². The minimum Gasteiger partial charge on any atom is -0.496 e. The van der Waals surface area contributed by atoms with Gasteiger partial charge in [0.25, 0.3) is 0 Å². The first-order valence-electron chi connectivity index (χ1n) is 5.08. The van der Waals surface area contributed by atoms with Crippen LogP contribution in [0.5, 0.6) is 5.75 Å². The van der Waals surface area contributed by atoms with Gasteiger partial charge >= 0.3 is 0 Å². The lowest BCUT2D eigenvalue weighted by Gasteiger charge is -2.29. The van der Waals surface area contributed by atoms with Gasteiger partial charge in [-0.05, 0) is 31.5 Å². The Bertz CT molecular complexity index is 376. The zero-order chi connectivity index (χ0) is 12.3. The van der Waals surface area contributed by atoms with Gasteiger partial charge in [0.2, 0.25) is 0 Å². The molecule has 2 N–H and O–H groups in total. The molecule has 3 nitrogen and oxygen atoms in total. The number of rotatable bonds is 4. The normalized spacial score (nSPS) is 14.6. The number of hydrogen-bond donors (Lipinski definition) is 1. The summed E-state index contributed by atoms with van der Waals surface area (Å²) in [5.74, 6) is 0.747. The molecule has 0 fully saturated rings. The highest BCUT2D eigenvalue weighted by atomic mass is 35.5. The van der Waals surface area contributed by atoms with Crippen molar-refractivity contribution in [1.82, 2.24) is 0 Å². The molecule has 1 atom stereocenters. The van der Waals surface area contributed by atoms with Crippen LogP contribution in [0.25, 0.3) is 0 Å². The number of nitrogens with two attached hydrogens (primary N) is 1. The van der Waals surface area contributed by atoms with E-state index < -0.39 is 5.60 Å². The van der Waals surface area contributed by atoms with Gasteiger partial charge in [0.15, 0.2) is 0 Å². The van der Waals surface area contributed by atoms with E-state index in [1.807, 2.05) is 26.0 Å². The second kappa shape index (κ2) is 5.04. The summed E-state index contributed by atoms with van der Waals surface area (Å²) in [5.41, 5.74) is 7.00. The topological polar surface area (TPSA) is 44.5 Å². The summed E-state index contributed by atoms with van der Waals surface area (Å²) < 4.78 is 10.8. The molecule has 1 rings (SSSR count). The van der Waals surface area contributed by atoms with Crippen LogP contribution in [-0.2, 0) is 10.3 Å². The molecule has 0 aliphatic carbocycles. The Kier molecular flexibility index (Phi) is 4.19. The first-order valence-corrected chi connectivity index (χ1v) is 5.46. The van der Waals surface area contributed by atoms with Crippen LogP contribution in [0.15, 0.2) is 12.1 Å². The van der Waals surface area contributed by atoms with Crippen molar-refractivity contribution in [2.45, 2.75) is 19.4 Å². The summed E-state index contributed by atoms with van der Waals surface area (Å²) in [4.78, 5) is 0. The maximum absolute atomic E-state index is 6.11. The van der Waals surface area contributed by atoms with Crippen LogP contribution in [0.2, 0.25) is 5.02 Å². The average molecular weight is 244 g/mol. The number of aryl methyl sites for hydroxylation is 1. The van der Waals surface area contributed by atoms with Gasteiger partial charge in [-0.1, -0.05) is 11.6 Å². The summed E-state index contributed by atoms with van der Waals surface area (Å²) >= 11 is 6.11. The van der Waals surface area contributed by atoms with E-state index in [1.165, 1.54) is 0 Å². The number of ether oxygens (including phenoxy) is 2. The van der Waals surface area contributed by atoms with Crippen LogP contribution in [0, 0.1) is 6.92 Å². The summed E-state index contributed by atoms with van der Waals surface area (Å²) in [6.45, 7) is 4.21. The predicted octanol–water partition coefficient (Wildman–Crippen LogP) is 2.48. The lowest BCUT2D eigenvalue weighted by Crippen LogP contribution is -2.34.